The van der Waals surface area contributed by atoms with Gasteiger partial charge in [0.2, 0.25) is 0 Å². The van der Waals surface area contributed by atoms with E-state index in [1.54, 1.807) is 0 Å². The van der Waals surface area contributed by atoms with E-state index in [1.165, 1.54) is 0 Å². The van der Waals surface area contributed by atoms with Crippen molar-refractivity contribution in [2.24, 2.45) is 0 Å². The summed E-state index contributed by atoms with van der Waals surface area (Å²) in [7, 11) is 0. The van der Waals surface area contributed by atoms with E-state index in [-0.39, 0.29) is 6.61 Å². The lowest BCUT2D eigenvalue weighted by molar-refractivity contribution is 0.0331. The predicted octanol–water partition coefficient (Wildman–Crippen LogP) is 0.0851. The Labute approximate surface area is 95.4 Å². The van der Waals surface area contributed by atoms with Crippen LogP contribution in [-0.2, 0) is 17.7 Å². The molecule has 1 aliphatic rings. The molecule has 5 heteroatoms. The van der Waals surface area contributed by atoms with Crippen LogP contribution in [0.15, 0.2) is 0 Å². The van der Waals surface area contributed by atoms with Crippen LogP contribution in [0.4, 0.5) is 0 Å². The van der Waals surface area contributed by atoms with Gasteiger partial charge in [0.25, 0.3) is 0 Å². The van der Waals surface area contributed by atoms with Crippen molar-refractivity contribution >= 4 is 0 Å². The molecule has 0 atom stereocenters. The number of nitrogens with one attached hydrogen (secondary N) is 1. The molecule has 0 aromatic carbocycles. The number of aromatic amines is 1. The van der Waals surface area contributed by atoms with Crippen LogP contribution in [0.1, 0.15) is 17.2 Å². The number of aryl methyl sites for hydroxylation is 1. The van der Waals surface area contributed by atoms with Crippen molar-refractivity contribution in [3.8, 4) is 0 Å². The minimum Gasteiger partial charge on any atom is -0.396 e. The molecule has 90 valence electrons. The van der Waals surface area contributed by atoms with Gasteiger partial charge in [0.15, 0.2) is 0 Å². The Bertz CT molecular complexity index is 332. The van der Waals surface area contributed by atoms with E-state index in [9.17, 15) is 0 Å². The van der Waals surface area contributed by atoms with Gasteiger partial charge in [-0.1, -0.05) is 0 Å². The van der Waals surface area contributed by atoms with E-state index in [0.29, 0.717) is 6.42 Å². The summed E-state index contributed by atoms with van der Waals surface area (Å²) < 4.78 is 5.30. The van der Waals surface area contributed by atoms with E-state index in [1.807, 2.05) is 6.92 Å². The Morgan fingerprint density at radius 1 is 1.44 bits per heavy atom. The molecule has 1 aliphatic heterocycles. The fourth-order valence-electron chi connectivity index (χ4n) is 1.96. The number of morpholine rings is 1. The maximum Gasteiger partial charge on any atom is 0.120 e. The second-order valence-electron chi connectivity index (χ2n) is 4.12. The Morgan fingerprint density at radius 3 is 2.88 bits per heavy atom. The molecule has 1 saturated heterocycles. The van der Waals surface area contributed by atoms with Crippen LogP contribution in [0.3, 0.4) is 0 Å². The summed E-state index contributed by atoms with van der Waals surface area (Å²) in [4.78, 5) is 10.1. The molecule has 16 heavy (non-hydrogen) atoms. The summed E-state index contributed by atoms with van der Waals surface area (Å²) in [5.74, 6) is 0.989. The van der Waals surface area contributed by atoms with Crippen LogP contribution in [-0.4, -0.2) is 52.9 Å². The molecule has 2 heterocycles. The van der Waals surface area contributed by atoms with Gasteiger partial charge in [-0.2, -0.15) is 0 Å². The summed E-state index contributed by atoms with van der Waals surface area (Å²) in [6.45, 7) is 6.55. The SMILES string of the molecule is Cc1[nH]c(CN2CCOCC2)nc1CCO. The van der Waals surface area contributed by atoms with Gasteiger partial charge in [-0.05, 0) is 6.92 Å². The standard InChI is InChI=1S/C11H19N3O2/c1-9-10(2-5-15)13-11(12-9)8-14-3-6-16-7-4-14/h15H,2-8H2,1H3,(H,12,13). The van der Waals surface area contributed by atoms with Crippen LogP contribution in [0.2, 0.25) is 0 Å². The average Bonchev–Trinajstić information content (AvgIpc) is 2.61. The minimum absolute atomic E-state index is 0.155. The van der Waals surface area contributed by atoms with Gasteiger partial charge >= 0.3 is 0 Å². The lowest BCUT2D eigenvalue weighted by atomic mass is 10.3. The number of imidazole rings is 1. The molecule has 2 N–H and O–H groups in total. The van der Waals surface area contributed by atoms with Crippen LogP contribution >= 0.6 is 0 Å². The van der Waals surface area contributed by atoms with Crippen molar-refractivity contribution in [2.45, 2.75) is 19.9 Å². The summed E-state index contributed by atoms with van der Waals surface area (Å²) in [5, 5.41) is 8.89. The fourth-order valence-corrected chi connectivity index (χ4v) is 1.96. The number of H-pyrrole nitrogens is 1. The third-order valence-corrected chi connectivity index (χ3v) is 2.86. The zero-order valence-electron chi connectivity index (χ0n) is 9.70. The molecule has 1 fully saturated rings. The highest BCUT2D eigenvalue weighted by Gasteiger charge is 2.13. The number of hydrogen-bond donors (Lipinski definition) is 2. The molecule has 0 saturated carbocycles. The van der Waals surface area contributed by atoms with Crippen molar-refractivity contribution in [2.75, 3.05) is 32.9 Å². The van der Waals surface area contributed by atoms with Crippen LogP contribution < -0.4 is 0 Å². The summed E-state index contributed by atoms with van der Waals surface area (Å²) in [6, 6.07) is 0. The molecule has 0 spiro atoms. The Balaban J connectivity index is 1.95. The van der Waals surface area contributed by atoms with Gasteiger partial charge < -0.3 is 14.8 Å². The number of aliphatic hydroxyl groups is 1. The second-order valence-corrected chi connectivity index (χ2v) is 4.12. The molecule has 0 unspecified atom stereocenters. The first kappa shape index (κ1) is 11.6. The molecule has 0 radical (unpaired) electrons. The Morgan fingerprint density at radius 2 is 2.19 bits per heavy atom. The number of aliphatic hydroxyl groups excluding tert-OH is 1. The first-order chi connectivity index (χ1) is 7.79. The summed E-state index contributed by atoms with van der Waals surface area (Å²) in [6.07, 6.45) is 0.630. The lowest BCUT2D eigenvalue weighted by Gasteiger charge is -2.25. The highest BCUT2D eigenvalue weighted by molar-refractivity contribution is 5.13. The van der Waals surface area contributed by atoms with E-state index in [2.05, 4.69) is 14.9 Å². The number of hydrogen-bond acceptors (Lipinski definition) is 4. The number of ether oxygens (including phenoxy) is 1. The van der Waals surface area contributed by atoms with Crippen molar-refractivity contribution < 1.29 is 9.84 Å². The largest absolute Gasteiger partial charge is 0.396 e. The van der Waals surface area contributed by atoms with Crippen LogP contribution in [0.5, 0.6) is 0 Å². The first-order valence-electron chi connectivity index (χ1n) is 5.75. The van der Waals surface area contributed by atoms with E-state index < -0.39 is 0 Å². The Hall–Kier alpha value is -0.910. The molecule has 0 amide bonds. The molecule has 1 aromatic rings. The molecular formula is C11H19N3O2. The first-order valence-corrected chi connectivity index (χ1v) is 5.75. The van der Waals surface area contributed by atoms with Crippen LogP contribution in [0, 0.1) is 6.92 Å². The van der Waals surface area contributed by atoms with Crippen molar-refractivity contribution in [3.63, 3.8) is 0 Å². The maximum absolute atomic E-state index is 8.89. The van der Waals surface area contributed by atoms with Crippen molar-refractivity contribution in [1.82, 2.24) is 14.9 Å². The van der Waals surface area contributed by atoms with Crippen molar-refractivity contribution in [1.29, 1.82) is 0 Å². The third-order valence-electron chi connectivity index (χ3n) is 2.86. The second kappa shape index (κ2) is 5.43. The quantitative estimate of drug-likeness (QED) is 0.762. The van der Waals surface area contributed by atoms with Gasteiger partial charge in [-0.25, -0.2) is 4.98 Å². The van der Waals surface area contributed by atoms with E-state index in [0.717, 1.165) is 50.1 Å². The minimum atomic E-state index is 0.155. The normalized spacial score (nSPS) is 17.9. The molecule has 2 rings (SSSR count). The van der Waals surface area contributed by atoms with Gasteiger partial charge in [-0.3, -0.25) is 4.90 Å². The Kier molecular flexibility index (Phi) is 3.93. The van der Waals surface area contributed by atoms with Crippen LogP contribution in [0.25, 0.3) is 0 Å². The maximum atomic E-state index is 8.89. The summed E-state index contributed by atoms with van der Waals surface area (Å²) in [5.41, 5.74) is 2.04. The van der Waals surface area contributed by atoms with E-state index >= 15 is 0 Å². The summed E-state index contributed by atoms with van der Waals surface area (Å²) >= 11 is 0. The van der Waals surface area contributed by atoms with Gasteiger partial charge in [0, 0.05) is 31.8 Å². The average molecular weight is 225 g/mol. The molecule has 1 aromatic heterocycles. The molecule has 0 aliphatic carbocycles. The highest BCUT2D eigenvalue weighted by Crippen LogP contribution is 2.09. The van der Waals surface area contributed by atoms with Gasteiger partial charge in [0.05, 0.1) is 25.5 Å². The third kappa shape index (κ3) is 2.81. The smallest absolute Gasteiger partial charge is 0.120 e. The molecule has 0 bridgehead atoms. The van der Waals surface area contributed by atoms with Gasteiger partial charge in [0.1, 0.15) is 5.82 Å². The predicted molar refractivity (Wildman–Crippen MR) is 60.2 cm³/mol. The number of aromatic nitrogens is 2. The number of nitrogens with zero attached hydrogens (tertiary/aromatic N) is 2. The lowest BCUT2D eigenvalue weighted by Crippen LogP contribution is -2.35. The van der Waals surface area contributed by atoms with E-state index in [4.69, 9.17) is 9.84 Å². The fraction of sp³-hybridized carbons (Fsp3) is 0.727. The van der Waals surface area contributed by atoms with Crippen molar-refractivity contribution in [3.05, 3.63) is 17.2 Å². The zero-order chi connectivity index (χ0) is 11.4. The monoisotopic (exact) mass is 225 g/mol. The number of rotatable bonds is 4. The topological polar surface area (TPSA) is 61.4 Å². The molecule has 5 nitrogen and oxygen atoms in total. The highest BCUT2D eigenvalue weighted by atomic mass is 16.5. The zero-order valence-corrected chi connectivity index (χ0v) is 9.70. The molecular weight excluding hydrogens is 206 g/mol. The van der Waals surface area contributed by atoms with Gasteiger partial charge in [-0.15, -0.1) is 0 Å².